The van der Waals surface area contributed by atoms with Gasteiger partial charge >= 0.3 is 5.97 Å². The molecule has 1 heterocycles. The number of carbonyl (C=O) groups is 2. The Morgan fingerprint density at radius 2 is 1.88 bits per heavy atom. The Morgan fingerprint density at radius 1 is 1.31 bits per heavy atom. The molecule has 2 atom stereocenters. The van der Waals surface area contributed by atoms with E-state index in [4.69, 9.17) is 5.11 Å². The minimum absolute atomic E-state index is 0.0253. The summed E-state index contributed by atoms with van der Waals surface area (Å²) in [4.78, 5) is 24.0. The molecule has 1 saturated heterocycles. The van der Waals surface area contributed by atoms with Crippen LogP contribution in [0.15, 0.2) is 0 Å². The van der Waals surface area contributed by atoms with Gasteiger partial charge in [-0.2, -0.15) is 0 Å². The minimum atomic E-state index is -0.780. The third kappa shape index (κ3) is 3.22. The van der Waals surface area contributed by atoms with Gasteiger partial charge in [0.15, 0.2) is 0 Å². The highest BCUT2D eigenvalue weighted by atomic mass is 16.4. The fourth-order valence-corrected chi connectivity index (χ4v) is 2.40. The number of aliphatic carboxylic acids is 1. The van der Waals surface area contributed by atoms with Crippen LogP contribution >= 0.6 is 0 Å². The van der Waals surface area contributed by atoms with E-state index in [0.29, 0.717) is 13.1 Å². The largest absolute Gasteiger partial charge is 0.481 e. The zero-order valence-electron chi connectivity index (χ0n) is 10.5. The molecule has 1 N–H and O–H groups in total. The highest BCUT2D eigenvalue weighted by Gasteiger charge is 2.40. The van der Waals surface area contributed by atoms with Crippen LogP contribution in [0.2, 0.25) is 0 Å². The van der Waals surface area contributed by atoms with Crippen molar-refractivity contribution in [1.82, 2.24) is 4.90 Å². The molecule has 4 nitrogen and oxygen atoms in total. The zero-order chi connectivity index (χ0) is 12.5. The SMILES string of the molecule is CC(=O)N1C[C@@H](CC(C)(C)C)[C@H](C(=O)O)C1. The summed E-state index contributed by atoms with van der Waals surface area (Å²) in [5.74, 6) is -1.12. The number of amides is 1. The Hall–Kier alpha value is -1.06. The smallest absolute Gasteiger partial charge is 0.308 e. The van der Waals surface area contributed by atoms with Crippen molar-refractivity contribution < 1.29 is 14.7 Å². The second-order valence-corrected chi connectivity index (χ2v) is 5.89. The quantitative estimate of drug-likeness (QED) is 0.779. The molecule has 0 saturated carbocycles. The molecule has 0 unspecified atom stereocenters. The number of rotatable bonds is 2. The average molecular weight is 227 g/mol. The van der Waals surface area contributed by atoms with Gasteiger partial charge in [-0.15, -0.1) is 0 Å². The standard InChI is InChI=1S/C12H21NO3/c1-8(14)13-6-9(5-12(2,3)4)10(7-13)11(15)16/h9-10H,5-7H2,1-4H3,(H,15,16)/t9-,10-/m1/s1. The van der Waals surface area contributed by atoms with E-state index >= 15 is 0 Å². The van der Waals surface area contributed by atoms with E-state index in [1.165, 1.54) is 6.92 Å². The van der Waals surface area contributed by atoms with Crippen LogP contribution in [0.3, 0.4) is 0 Å². The Bertz CT molecular complexity index is 293. The van der Waals surface area contributed by atoms with Crippen LogP contribution < -0.4 is 0 Å². The molecule has 0 radical (unpaired) electrons. The molecule has 0 aromatic carbocycles. The molecule has 1 fully saturated rings. The van der Waals surface area contributed by atoms with Crippen LogP contribution in [0.1, 0.15) is 34.1 Å². The van der Waals surface area contributed by atoms with Crippen molar-refractivity contribution in [3.8, 4) is 0 Å². The number of nitrogens with zero attached hydrogens (tertiary/aromatic N) is 1. The van der Waals surface area contributed by atoms with Gasteiger partial charge in [0.1, 0.15) is 0 Å². The monoisotopic (exact) mass is 227 g/mol. The fourth-order valence-electron chi connectivity index (χ4n) is 2.40. The maximum absolute atomic E-state index is 11.3. The summed E-state index contributed by atoms with van der Waals surface area (Å²) in [6, 6.07) is 0. The van der Waals surface area contributed by atoms with Crippen molar-refractivity contribution in [2.75, 3.05) is 13.1 Å². The molecule has 16 heavy (non-hydrogen) atoms. The summed E-state index contributed by atoms with van der Waals surface area (Å²) in [5, 5.41) is 9.14. The van der Waals surface area contributed by atoms with Gasteiger partial charge in [-0.1, -0.05) is 20.8 Å². The lowest BCUT2D eigenvalue weighted by Crippen LogP contribution is -2.27. The van der Waals surface area contributed by atoms with Crippen molar-refractivity contribution in [2.24, 2.45) is 17.3 Å². The molecule has 0 aromatic rings. The first-order valence-corrected chi connectivity index (χ1v) is 5.69. The van der Waals surface area contributed by atoms with E-state index in [1.807, 2.05) is 0 Å². The van der Waals surface area contributed by atoms with Gasteiger partial charge in [0, 0.05) is 20.0 Å². The second-order valence-electron chi connectivity index (χ2n) is 5.89. The van der Waals surface area contributed by atoms with Crippen LogP contribution in [-0.4, -0.2) is 35.0 Å². The van der Waals surface area contributed by atoms with Crippen LogP contribution in [-0.2, 0) is 9.59 Å². The molecular formula is C12H21NO3. The highest BCUT2D eigenvalue weighted by molar-refractivity contribution is 5.77. The van der Waals surface area contributed by atoms with Gasteiger partial charge in [0.2, 0.25) is 5.91 Å². The summed E-state index contributed by atoms with van der Waals surface area (Å²) in [7, 11) is 0. The number of likely N-dealkylation sites (tertiary alicyclic amines) is 1. The van der Waals surface area contributed by atoms with Gasteiger partial charge in [-0.05, 0) is 17.8 Å². The lowest BCUT2D eigenvalue weighted by atomic mass is 9.80. The first kappa shape index (κ1) is 13.0. The van der Waals surface area contributed by atoms with Gasteiger partial charge in [0.25, 0.3) is 0 Å². The number of carboxylic acids is 1. The van der Waals surface area contributed by atoms with Gasteiger partial charge in [-0.25, -0.2) is 0 Å². The molecule has 1 rings (SSSR count). The van der Waals surface area contributed by atoms with Gasteiger partial charge < -0.3 is 10.0 Å². The summed E-state index contributed by atoms with van der Waals surface area (Å²) < 4.78 is 0. The second kappa shape index (κ2) is 4.44. The van der Waals surface area contributed by atoms with Gasteiger partial charge in [-0.3, -0.25) is 9.59 Å². The van der Waals surface area contributed by atoms with E-state index in [2.05, 4.69) is 20.8 Å². The summed E-state index contributed by atoms with van der Waals surface area (Å²) in [6.45, 7) is 8.75. The molecule has 4 heteroatoms. The number of hydrogen-bond acceptors (Lipinski definition) is 2. The molecule has 92 valence electrons. The molecule has 0 aliphatic carbocycles. The lowest BCUT2D eigenvalue weighted by Gasteiger charge is -2.24. The minimum Gasteiger partial charge on any atom is -0.481 e. The van der Waals surface area contributed by atoms with Crippen LogP contribution in [0.5, 0.6) is 0 Å². The maximum atomic E-state index is 11.3. The predicted molar refractivity (Wildman–Crippen MR) is 60.9 cm³/mol. The Balaban J connectivity index is 2.74. The zero-order valence-corrected chi connectivity index (χ0v) is 10.5. The third-order valence-electron chi connectivity index (χ3n) is 3.08. The van der Waals surface area contributed by atoms with Gasteiger partial charge in [0.05, 0.1) is 5.92 Å². The Labute approximate surface area is 96.6 Å². The third-order valence-corrected chi connectivity index (χ3v) is 3.08. The fraction of sp³-hybridized carbons (Fsp3) is 0.833. The van der Waals surface area contributed by atoms with Crippen molar-refractivity contribution in [3.05, 3.63) is 0 Å². The lowest BCUT2D eigenvalue weighted by molar-refractivity contribution is -0.142. The first-order chi connectivity index (χ1) is 7.20. The van der Waals surface area contributed by atoms with Crippen LogP contribution in [0, 0.1) is 17.3 Å². The van der Waals surface area contributed by atoms with E-state index < -0.39 is 11.9 Å². The van der Waals surface area contributed by atoms with Crippen molar-refractivity contribution in [1.29, 1.82) is 0 Å². The summed E-state index contributed by atoms with van der Waals surface area (Å²) >= 11 is 0. The number of carbonyl (C=O) groups excluding carboxylic acids is 1. The Kier molecular flexibility index (Phi) is 3.61. The van der Waals surface area contributed by atoms with Crippen molar-refractivity contribution in [2.45, 2.75) is 34.1 Å². The Morgan fingerprint density at radius 3 is 2.25 bits per heavy atom. The molecule has 1 amide bonds. The van der Waals surface area contributed by atoms with Crippen LogP contribution in [0.25, 0.3) is 0 Å². The van der Waals surface area contributed by atoms with Crippen molar-refractivity contribution in [3.63, 3.8) is 0 Å². The number of carboxylic acid groups (broad SMARTS) is 1. The molecule has 0 spiro atoms. The van der Waals surface area contributed by atoms with E-state index in [0.717, 1.165) is 6.42 Å². The molecule has 0 bridgehead atoms. The van der Waals surface area contributed by atoms with E-state index in [1.54, 1.807) is 4.90 Å². The predicted octanol–water partition coefficient (Wildman–Crippen LogP) is 1.60. The highest BCUT2D eigenvalue weighted by Crippen LogP contribution is 2.34. The maximum Gasteiger partial charge on any atom is 0.308 e. The summed E-state index contributed by atoms with van der Waals surface area (Å²) in [6.07, 6.45) is 0.841. The van der Waals surface area contributed by atoms with E-state index in [-0.39, 0.29) is 17.2 Å². The molecular weight excluding hydrogens is 206 g/mol. The first-order valence-electron chi connectivity index (χ1n) is 5.69. The van der Waals surface area contributed by atoms with Crippen molar-refractivity contribution >= 4 is 11.9 Å². The molecule has 1 aliphatic rings. The van der Waals surface area contributed by atoms with E-state index in [9.17, 15) is 9.59 Å². The summed E-state index contributed by atoms with van der Waals surface area (Å²) in [5.41, 5.74) is 0.102. The average Bonchev–Trinajstić information content (AvgIpc) is 2.44. The molecule has 0 aromatic heterocycles. The van der Waals surface area contributed by atoms with Crippen LogP contribution in [0.4, 0.5) is 0 Å². The molecule has 1 aliphatic heterocycles. The normalized spacial score (nSPS) is 25.9. The topological polar surface area (TPSA) is 57.6 Å². The number of hydrogen-bond donors (Lipinski definition) is 1.